The number of para-hydroxylation sites is 1. The van der Waals surface area contributed by atoms with Gasteiger partial charge in [-0.2, -0.15) is 0 Å². The van der Waals surface area contributed by atoms with Crippen molar-refractivity contribution in [2.75, 3.05) is 24.7 Å². The van der Waals surface area contributed by atoms with Crippen molar-refractivity contribution in [3.8, 4) is 0 Å². The molecule has 0 bridgehead atoms. The summed E-state index contributed by atoms with van der Waals surface area (Å²) in [5.74, 6) is -0.00708. The van der Waals surface area contributed by atoms with Crippen molar-refractivity contribution in [3.63, 3.8) is 0 Å². The first-order valence-electron chi connectivity index (χ1n) is 11.4. The zero-order chi connectivity index (χ0) is 21.6. The van der Waals surface area contributed by atoms with Gasteiger partial charge < -0.3 is 0 Å². The Balaban J connectivity index is 1.65. The average molecular weight is 414 g/mol. The van der Waals surface area contributed by atoms with Crippen molar-refractivity contribution >= 4 is 33.8 Å². The molecule has 0 atom stereocenters. The van der Waals surface area contributed by atoms with Crippen molar-refractivity contribution in [1.29, 1.82) is 0 Å². The van der Waals surface area contributed by atoms with Gasteiger partial charge in [-0.1, -0.05) is 75.2 Å². The Kier molecular flexibility index (Phi) is 6.78. The van der Waals surface area contributed by atoms with Crippen molar-refractivity contribution in [2.24, 2.45) is 4.99 Å². The molecule has 3 aromatic carbocycles. The normalized spacial score (nSPS) is 14.7. The van der Waals surface area contributed by atoms with Crippen LogP contribution < -0.4 is 4.90 Å². The third-order valence-corrected chi connectivity index (χ3v) is 5.87. The van der Waals surface area contributed by atoms with Gasteiger partial charge in [0, 0.05) is 5.56 Å². The lowest BCUT2D eigenvalue weighted by Crippen LogP contribution is -2.42. The number of fused-ring (bicyclic) bond motifs is 2. The van der Waals surface area contributed by atoms with Gasteiger partial charge in [-0.3, -0.25) is 14.6 Å². The molecule has 4 heteroatoms. The number of amides is 1. The molecule has 3 aromatic rings. The second kappa shape index (κ2) is 9.88. The van der Waals surface area contributed by atoms with Crippen LogP contribution >= 0.6 is 0 Å². The Labute approximate surface area is 185 Å². The van der Waals surface area contributed by atoms with E-state index in [1.54, 1.807) is 0 Å². The van der Waals surface area contributed by atoms with Gasteiger partial charge in [-0.05, 0) is 54.9 Å². The number of anilines is 1. The average Bonchev–Trinajstić information content (AvgIpc) is 3.06. The van der Waals surface area contributed by atoms with Crippen molar-refractivity contribution < 1.29 is 4.79 Å². The molecular weight excluding hydrogens is 382 g/mol. The van der Waals surface area contributed by atoms with Gasteiger partial charge in [0.05, 0.1) is 18.0 Å². The second-order valence-corrected chi connectivity index (χ2v) is 8.21. The molecule has 0 N–H and O–H groups in total. The van der Waals surface area contributed by atoms with E-state index in [0.29, 0.717) is 12.4 Å². The molecule has 0 unspecified atom stereocenters. The molecule has 0 aromatic heterocycles. The van der Waals surface area contributed by atoms with Crippen molar-refractivity contribution in [2.45, 2.75) is 39.5 Å². The van der Waals surface area contributed by atoms with Crippen LogP contribution in [0.4, 0.5) is 11.4 Å². The summed E-state index contributed by atoms with van der Waals surface area (Å²) >= 11 is 0. The number of unbranched alkanes of at least 4 members (excludes halogenated alkanes) is 2. The summed E-state index contributed by atoms with van der Waals surface area (Å²) in [4.78, 5) is 22.6. The van der Waals surface area contributed by atoms with Crippen LogP contribution in [0.15, 0.2) is 71.7 Å². The third kappa shape index (κ3) is 4.70. The van der Waals surface area contributed by atoms with Crippen LogP contribution in [0.3, 0.4) is 0 Å². The predicted octanol–water partition coefficient (Wildman–Crippen LogP) is 6.17. The summed E-state index contributed by atoms with van der Waals surface area (Å²) in [5, 5.41) is 2.30. The van der Waals surface area contributed by atoms with Crippen LogP contribution in [-0.2, 0) is 4.79 Å². The Bertz CT molecular complexity index is 1080. The van der Waals surface area contributed by atoms with Gasteiger partial charge in [-0.25, -0.2) is 4.99 Å². The van der Waals surface area contributed by atoms with E-state index in [1.165, 1.54) is 5.39 Å². The molecule has 4 nitrogen and oxygen atoms in total. The second-order valence-electron chi connectivity index (χ2n) is 8.21. The number of rotatable bonds is 9. The summed E-state index contributed by atoms with van der Waals surface area (Å²) in [6.45, 7) is 7.07. The molecule has 4 rings (SSSR count). The molecule has 160 valence electrons. The first-order chi connectivity index (χ1) is 15.2. The van der Waals surface area contributed by atoms with E-state index in [1.807, 2.05) is 47.4 Å². The number of carbonyl (C=O) groups is 1. The molecule has 1 heterocycles. The summed E-state index contributed by atoms with van der Waals surface area (Å²) in [6, 6.07) is 22.4. The highest BCUT2D eigenvalue weighted by Crippen LogP contribution is 2.31. The van der Waals surface area contributed by atoms with Crippen LogP contribution in [0.1, 0.15) is 45.1 Å². The lowest BCUT2D eigenvalue weighted by atomic mass is 10.1. The largest absolute Gasteiger partial charge is 0.293 e. The molecule has 1 aliphatic rings. The molecule has 0 saturated heterocycles. The van der Waals surface area contributed by atoms with E-state index in [4.69, 9.17) is 4.99 Å². The fourth-order valence-electron chi connectivity index (χ4n) is 4.10. The molecule has 0 spiro atoms. The minimum atomic E-state index is -0.00708. The molecule has 1 amide bonds. The zero-order valence-electron chi connectivity index (χ0n) is 18.6. The number of hydrogen-bond acceptors (Lipinski definition) is 3. The highest BCUT2D eigenvalue weighted by atomic mass is 16.2. The maximum absolute atomic E-state index is 13.5. The topological polar surface area (TPSA) is 35.9 Å². The smallest absolute Gasteiger partial charge is 0.278 e. The maximum Gasteiger partial charge on any atom is 0.278 e. The standard InChI is InChI=1S/C27H31N3O/c1-3-5-17-29(18-6-4-2)20-30-25-14-10-9-13-24(25)26(27(30)31)28-23-16-15-21-11-7-8-12-22(21)19-23/h7-16,19H,3-6,17-18,20H2,1-2H3. The number of hydrogen-bond donors (Lipinski definition) is 0. The highest BCUT2D eigenvalue weighted by Gasteiger charge is 2.34. The summed E-state index contributed by atoms with van der Waals surface area (Å²) in [5.41, 5.74) is 3.24. The fourth-order valence-corrected chi connectivity index (χ4v) is 4.10. The fraction of sp³-hybridized carbons (Fsp3) is 0.333. The Morgan fingerprint density at radius 2 is 1.52 bits per heavy atom. The Morgan fingerprint density at radius 1 is 0.839 bits per heavy atom. The number of carbonyl (C=O) groups excluding carboxylic acids is 1. The highest BCUT2D eigenvalue weighted by molar-refractivity contribution is 6.54. The molecule has 0 saturated carbocycles. The Hall–Kier alpha value is -2.98. The molecule has 0 aliphatic carbocycles. The predicted molar refractivity (Wildman–Crippen MR) is 130 cm³/mol. The van der Waals surface area contributed by atoms with Crippen LogP contribution in [0.2, 0.25) is 0 Å². The van der Waals surface area contributed by atoms with E-state index in [0.717, 1.165) is 61.1 Å². The first kappa shape index (κ1) is 21.3. The van der Waals surface area contributed by atoms with Gasteiger partial charge in [0.1, 0.15) is 5.71 Å². The maximum atomic E-state index is 13.5. The van der Waals surface area contributed by atoms with Gasteiger partial charge in [0.25, 0.3) is 5.91 Å². The van der Waals surface area contributed by atoms with Crippen molar-refractivity contribution in [3.05, 3.63) is 72.3 Å². The summed E-state index contributed by atoms with van der Waals surface area (Å²) < 4.78 is 0. The van der Waals surface area contributed by atoms with E-state index < -0.39 is 0 Å². The monoisotopic (exact) mass is 413 g/mol. The lowest BCUT2D eigenvalue weighted by Gasteiger charge is -2.28. The van der Waals surface area contributed by atoms with E-state index in [-0.39, 0.29) is 5.91 Å². The number of benzene rings is 3. The van der Waals surface area contributed by atoms with E-state index >= 15 is 0 Å². The third-order valence-electron chi connectivity index (χ3n) is 5.87. The van der Waals surface area contributed by atoms with Gasteiger partial charge >= 0.3 is 0 Å². The quantitative estimate of drug-likeness (QED) is 0.421. The zero-order valence-corrected chi connectivity index (χ0v) is 18.6. The Morgan fingerprint density at radius 3 is 2.26 bits per heavy atom. The van der Waals surface area contributed by atoms with Crippen molar-refractivity contribution in [1.82, 2.24) is 4.90 Å². The van der Waals surface area contributed by atoms with E-state index in [9.17, 15) is 4.79 Å². The molecule has 1 aliphatic heterocycles. The first-order valence-corrected chi connectivity index (χ1v) is 11.4. The lowest BCUT2D eigenvalue weighted by molar-refractivity contribution is -0.112. The molecular formula is C27H31N3O. The number of aliphatic imine (C=N–C) groups is 1. The van der Waals surface area contributed by atoms with Crippen LogP contribution in [0.25, 0.3) is 10.8 Å². The number of nitrogens with zero attached hydrogens (tertiary/aromatic N) is 3. The van der Waals surface area contributed by atoms with Crippen LogP contribution in [0, 0.1) is 0 Å². The molecule has 0 fully saturated rings. The molecule has 31 heavy (non-hydrogen) atoms. The van der Waals surface area contributed by atoms with Gasteiger partial charge in [0.15, 0.2) is 0 Å². The van der Waals surface area contributed by atoms with Crippen LogP contribution in [-0.4, -0.2) is 36.3 Å². The summed E-state index contributed by atoms with van der Waals surface area (Å²) in [6.07, 6.45) is 4.60. The van der Waals surface area contributed by atoms with Gasteiger partial charge in [-0.15, -0.1) is 0 Å². The minimum Gasteiger partial charge on any atom is -0.293 e. The SMILES string of the molecule is CCCCN(CCCC)CN1C(=O)C(=Nc2ccc3ccccc3c2)c2ccccc21. The summed E-state index contributed by atoms with van der Waals surface area (Å²) in [7, 11) is 0. The minimum absolute atomic E-state index is 0.00708. The van der Waals surface area contributed by atoms with Gasteiger partial charge in [0.2, 0.25) is 0 Å². The van der Waals surface area contributed by atoms with E-state index in [2.05, 4.69) is 43.0 Å². The van der Waals surface area contributed by atoms with Crippen LogP contribution in [0.5, 0.6) is 0 Å². The molecule has 0 radical (unpaired) electrons.